The highest BCUT2D eigenvalue weighted by atomic mass is 16.5. The van der Waals surface area contributed by atoms with Crippen molar-refractivity contribution in [3.63, 3.8) is 0 Å². The Morgan fingerprint density at radius 3 is 2.74 bits per heavy atom. The maximum atomic E-state index is 13.5. The fourth-order valence-corrected chi connectivity index (χ4v) is 4.87. The minimum absolute atomic E-state index is 0.00545. The molecular formula is C25H27N3O3. The average molecular weight is 418 g/mol. The molecule has 5 rings (SSSR count). The molecule has 0 bridgehead atoms. The first kappa shape index (κ1) is 19.8. The topological polar surface area (TPSA) is 64.4 Å². The van der Waals surface area contributed by atoms with Crippen molar-refractivity contribution in [1.29, 1.82) is 0 Å². The lowest BCUT2D eigenvalue weighted by atomic mass is 9.99. The number of aromatic nitrogens is 2. The second-order valence-electron chi connectivity index (χ2n) is 8.41. The van der Waals surface area contributed by atoms with Crippen molar-refractivity contribution >= 4 is 22.5 Å². The van der Waals surface area contributed by atoms with Crippen LogP contribution in [0.1, 0.15) is 53.8 Å². The molecule has 1 amide bonds. The normalized spacial score (nSPS) is 16.2. The van der Waals surface area contributed by atoms with Gasteiger partial charge in [0.1, 0.15) is 11.6 Å². The number of rotatable bonds is 2. The zero-order chi connectivity index (χ0) is 21.4. The SMILES string of the molecule is COc1cccc2c1N(C(=O)c1ccc3c(=O)n4c(nc3c1)CCCCCC4)CCC2. The molecule has 0 fully saturated rings. The zero-order valence-corrected chi connectivity index (χ0v) is 17.9. The highest BCUT2D eigenvalue weighted by Gasteiger charge is 2.27. The van der Waals surface area contributed by atoms with Crippen LogP contribution in [-0.4, -0.2) is 29.1 Å². The van der Waals surface area contributed by atoms with E-state index < -0.39 is 0 Å². The highest BCUT2D eigenvalue weighted by molar-refractivity contribution is 6.09. The van der Waals surface area contributed by atoms with E-state index in [0.717, 1.165) is 62.1 Å². The number of anilines is 1. The summed E-state index contributed by atoms with van der Waals surface area (Å²) in [5.41, 5.74) is 3.14. The van der Waals surface area contributed by atoms with Crippen LogP contribution < -0.4 is 15.2 Å². The lowest BCUT2D eigenvalue weighted by Crippen LogP contribution is -2.36. The summed E-state index contributed by atoms with van der Waals surface area (Å²) in [5.74, 6) is 1.47. The molecule has 3 heterocycles. The third kappa shape index (κ3) is 3.50. The van der Waals surface area contributed by atoms with Gasteiger partial charge in [0.2, 0.25) is 0 Å². The number of fused-ring (bicyclic) bond motifs is 3. The molecule has 0 saturated heterocycles. The molecule has 0 aliphatic carbocycles. The lowest BCUT2D eigenvalue weighted by Gasteiger charge is -2.31. The van der Waals surface area contributed by atoms with E-state index in [2.05, 4.69) is 6.07 Å². The number of hydrogen-bond donors (Lipinski definition) is 0. The van der Waals surface area contributed by atoms with Crippen molar-refractivity contribution in [2.45, 2.75) is 51.5 Å². The van der Waals surface area contributed by atoms with E-state index in [-0.39, 0.29) is 11.5 Å². The van der Waals surface area contributed by atoms with Crippen molar-refractivity contribution < 1.29 is 9.53 Å². The van der Waals surface area contributed by atoms with E-state index in [1.54, 1.807) is 30.2 Å². The van der Waals surface area contributed by atoms with E-state index in [9.17, 15) is 9.59 Å². The Morgan fingerprint density at radius 1 is 1.00 bits per heavy atom. The van der Waals surface area contributed by atoms with E-state index >= 15 is 0 Å². The monoisotopic (exact) mass is 417 g/mol. The van der Waals surface area contributed by atoms with Crippen molar-refractivity contribution in [2.24, 2.45) is 0 Å². The molecule has 0 radical (unpaired) electrons. The number of hydrogen-bond acceptors (Lipinski definition) is 4. The van der Waals surface area contributed by atoms with Gasteiger partial charge in [0, 0.05) is 25.1 Å². The van der Waals surface area contributed by atoms with Crippen LogP contribution in [-0.2, 0) is 19.4 Å². The molecular weight excluding hydrogens is 390 g/mol. The maximum absolute atomic E-state index is 13.5. The maximum Gasteiger partial charge on any atom is 0.261 e. The first-order valence-electron chi connectivity index (χ1n) is 11.2. The van der Waals surface area contributed by atoms with Crippen molar-refractivity contribution in [3.05, 3.63) is 63.7 Å². The smallest absolute Gasteiger partial charge is 0.261 e. The summed E-state index contributed by atoms with van der Waals surface area (Å²) in [4.78, 5) is 33.2. The summed E-state index contributed by atoms with van der Waals surface area (Å²) in [6.45, 7) is 1.37. The van der Waals surface area contributed by atoms with Crippen molar-refractivity contribution in [2.75, 3.05) is 18.6 Å². The molecule has 0 spiro atoms. The molecule has 2 aromatic carbocycles. The number of benzene rings is 2. The van der Waals surface area contributed by atoms with Gasteiger partial charge in [-0.1, -0.05) is 25.0 Å². The average Bonchev–Trinajstić information content (AvgIpc) is 2.78. The van der Waals surface area contributed by atoms with E-state index in [1.807, 2.05) is 16.7 Å². The Labute approximate surface area is 181 Å². The zero-order valence-electron chi connectivity index (χ0n) is 17.9. The number of carbonyl (C=O) groups is 1. The quantitative estimate of drug-likeness (QED) is 0.629. The van der Waals surface area contributed by atoms with Gasteiger partial charge in [-0.3, -0.25) is 14.2 Å². The Kier molecular flexibility index (Phi) is 5.22. The van der Waals surface area contributed by atoms with Crippen LogP contribution >= 0.6 is 0 Å². The van der Waals surface area contributed by atoms with Gasteiger partial charge >= 0.3 is 0 Å². The van der Waals surface area contributed by atoms with Gasteiger partial charge in [0.15, 0.2) is 0 Å². The highest BCUT2D eigenvalue weighted by Crippen LogP contribution is 2.37. The molecule has 0 unspecified atom stereocenters. The summed E-state index contributed by atoms with van der Waals surface area (Å²) in [7, 11) is 1.63. The minimum Gasteiger partial charge on any atom is -0.495 e. The van der Waals surface area contributed by atoms with Gasteiger partial charge in [-0.05, 0) is 55.5 Å². The second-order valence-corrected chi connectivity index (χ2v) is 8.41. The van der Waals surface area contributed by atoms with Crippen molar-refractivity contribution in [1.82, 2.24) is 9.55 Å². The first-order valence-corrected chi connectivity index (χ1v) is 11.2. The van der Waals surface area contributed by atoms with Crippen LogP contribution in [0.15, 0.2) is 41.2 Å². The number of para-hydroxylation sites is 1. The van der Waals surface area contributed by atoms with Gasteiger partial charge in [-0.2, -0.15) is 0 Å². The van der Waals surface area contributed by atoms with Crippen LogP contribution in [0.2, 0.25) is 0 Å². The summed E-state index contributed by atoms with van der Waals surface area (Å²) in [6, 6.07) is 11.2. The molecule has 3 aromatic rings. The van der Waals surface area contributed by atoms with Crippen LogP contribution in [0.25, 0.3) is 10.9 Å². The second kappa shape index (κ2) is 8.17. The number of aryl methyl sites for hydroxylation is 2. The Hall–Kier alpha value is -3.15. The minimum atomic E-state index is -0.0824. The molecule has 0 atom stereocenters. The van der Waals surface area contributed by atoms with Crippen LogP contribution in [0, 0.1) is 0 Å². The van der Waals surface area contributed by atoms with E-state index in [1.165, 1.54) is 6.42 Å². The molecule has 6 nitrogen and oxygen atoms in total. The molecule has 31 heavy (non-hydrogen) atoms. The fourth-order valence-electron chi connectivity index (χ4n) is 4.87. The Morgan fingerprint density at radius 2 is 1.87 bits per heavy atom. The van der Waals surface area contributed by atoms with Gasteiger partial charge in [-0.25, -0.2) is 4.98 Å². The van der Waals surface area contributed by atoms with E-state index in [4.69, 9.17) is 9.72 Å². The summed E-state index contributed by atoms with van der Waals surface area (Å²) >= 11 is 0. The molecule has 2 aliphatic heterocycles. The van der Waals surface area contributed by atoms with Gasteiger partial charge < -0.3 is 9.64 Å². The lowest BCUT2D eigenvalue weighted by molar-refractivity contribution is 0.0984. The first-order chi connectivity index (χ1) is 15.2. The van der Waals surface area contributed by atoms with Gasteiger partial charge in [-0.15, -0.1) is 0 Å². The standard InChI is InChI=1S/C25H27N3O3/c1-31-21-10-6-8-17-9-7-15-28(23(17)21)24(29)18-12-13-19-20(16-18)26-22-11-4-2-3-5-14-27(22)25(19)30/h6,8,10,12-13,16H,2-5,7,9,11,14-15H2,1H3. The molecule has 160 valence electrons. The summed E-state index contributed by atoms with van der Waals surface area (Å²) in [6.07, 6.45) is 7.01. The number of nitrogens with zero attached hydrogens (tertiary/aromatic N) is 3. The largest absolute Gasteiger partial charge is 0.495 e. The predicted octanol–water partition coefficient (Wildman–Crippen LogP) is 4.11. The van der Waals surface area contributed by atoms with Crippen LogP contribution in [0.5, 0.6) is 5.75 Å². The molecule has 6 heteroatoms. The van der Waals surface area contributed by atoms with Gasteiger partial charge in [0.05, 0.1) is 23.7 Å². The summed E-state index contributed by atoms with van der Waals surface area (Å²) < 4.78 is 7.38. The number of ether oxygens (including phenoxy) is 1. The predicted molar refractivity (Wildman–Crippen MR) is 121 cm³/mol. The Bertz CT molecular complexity index is 1200. The Balaban J connectivity index is 1.57. The van der Waals surface area contributed by atoms with Crippen LogP contribution in [0.3, 0.4) is 0 Å². The number of amides is 1. The molecule has 0 N–H and O–H groups in total. The molecule has 0 saturated carbocycles. The van der Waals surface area contributed by atoms with Crippen molar-refractivity contribution in [3.8, 4) is 5.75 Å². The number of methoxy groups -OCH3 is 1. The summed E-state index contributed by atoms with van der Waals surface area (Å²) in [5, 5.41) is 0.581. The van der Waals surface area contributed by atoms with Gasteiger partial charge in [0.25, 0.3) is 11.5 Å². The molecule has 2 aliphatic rings. The third-order valence-corrected chi connectivity index (χ3v) is 6.46. The van der Waals surface area contributed by atoms with E-state index in [0.29, 0.717) is 28.8 Å². The number of carbonyl (C=O) groups excluding carboxylic acids is 1. The van der Waals surface area contributed by atoms with Crippen LogP contribution in [0.4, 0.5) is 5.69 Å². The fraction of sp³-hybridized carbons (Fsp3) is 0.400. The molecule has 1 aromatic heterocycles. The third-order valence-electron chi connectivity index (χ3n) is 6.46.